The summed E-state index contributed by atoms with van der Waals surface area (Å²) in [6.07, 6.45) is 1.13. The van der Waals surface area contributed by atoms with Crippen LogP contribution in [0.3, 0.4) is 0 Å². The molecule has 0 aliphatic heterocycles. The largest absolute Gasteiger partial charge is 0.387 e. The van der Waals surface area contributed by atoms with Crippen LogP contribution in [0.1, 0.15) is 37.8 Å². The van der Waals surface area contributed by atoms with Gasteiger partial charge < -0.3 is 5.73 Å². The Kier molecular flexibility index (Phi) is 6.89. The number of aliphatic imine (C=N–C) groups is 1. The lowest BCUT2D eigenvalue weighted by Crippen LogP contribution is -2.19. The molecule has 1 rings (SSSR count). The third-order valence-corrected chi connectivity index (χ3v) is 2.83. The Hall–Kier alpha value is -1.02. The second-order valence-corrected chi connectivity index (χ2v) is 4.71. The Labute approximate surface area is 111 Å². The summed E-state index contributed by atoms with van der Waals surface area (Å²) in [5.74, 6) is 1.60. The lowest BCUT2D eigenvalue weighted by Gasteiger charge is -2.12. The van der Waals surface area contributed by atoms with Crippen molar-refractivity contribution in [2.45, 2.75) is 33.1 Å². The summed E-state index contributed by atoms with van der Waals surface area (Å²) in [5, 5.41) is 0. The van der Waals surface area contributed by atoms with Crippen LogP contribution in [0, 0.1) is 5.92 Å². The predicted molar refractivity (Wildman–Crippen MR) is 78.2 cm³/mol. The molecule has 2 nitrogen and oxygen atoms in total. The maximum absolute atomic E-state index is 5.82. The molecule has 0 aromatic heterocycles. The van der Waals surface area contributed by atoms with Crippen molar-refractivity contribution in [3.8, 4) is 0 Å². The monoisotopic (exact) mass is 254 g/mol. The van der Waals surface area contributed by atoms with E-state index in [2.05, 4.69) is 50.0 Å². The van der Waals surface area contributed by atoms with Crippen LogP contribution < -0.4 is 5.73 Å². The fraction of sp³-hybridized carbons (Fsp3) is 0.500. The zero-order valence-electron chi connectivity index (χ0n) is 11.1. The molecule has 17 heavy (non-hydrogen) atoms. The number of rotatable bonds is 4. The van der Waals surface area contributed by atoms with Gasteiger partial charge in [-0.3, -0.25) is 4.99 Å². The van der Waals surface area contributed by atoms with Crippen molar-refractivity contribution in [2.24, 2.45) is 16.6 Å². The molecule has 0 aliphatic rings. The highest BCUT2D eigenvalue weighted by Crippen LogP contribution is 2.17. The minimum absolute atomic E-state index is 0. The molecule has 0 bridgehead atoms. The quantitative estimate of drug-likeness (QED) is 0.649. The van der Waals surface area contributed by atoms with Crippen LogP contribution in [-0.2, 0) is 6.42 Å². The van der Waals surface area contributed by atoms with E-state index < -0.39 is 0 Å². The van der Waals surface area contributed by atoms with Gasteiger partial charge in [-0.05, 0) is 23.5 Å². The van der Waals surface area contributed by atoms with Crippen molar-refractivity contribution in [1.82, 2.24) is 0 Å². The third kappa shape index (κ3) is 4.78. The summed E-state index contributed by atoms with van der Waals surface area (Å²) in [7, 11) is 1.74. The smallest absolute Gasteiger partial charge is 0.101 e. The van der Waals surface area contributed by atoms with Gasteiger partial charge in [0.25, 0.3) is 0 Å². The predicted octanol–water partition coefficient (Wildman–Crippen LogP) is 3.40. The SMILES string of the molecule is CN=C(N)[C@@H](C)c1ccc(CC(C)C)cc1.Cl. The summed E-state index contributed by atoms with van der Waals surface area (Å²) in [6, 6.07) is 8.68. The molecule has 96 valence electrons. The van der Waals surface area contributed by atoms with Gasteiger partial charge >= 0.3 is 0 Å². The van der Waals surface area contributed by atoms with Gasteiger partial charge in [0.1, 0.15) is 5.84 Å². The first-order chi connectivity index (χ1) is 7.54. The number of nitrogens with two attached hydrogens (primary N) is 1. The first-order valence-corrected chi connectivity index (χ1v) is 5.85. The van der Waals surface area contributed by atoms with Crippen molar-refractivity contribution in [3.05, 3.63) is 35.4 Å². The minimum atomic E-state index is 0. The fourth-order valence-electron chi connectivity index (χ4n) is 1.78. The second-order valence-electron chi connectivity index (χ2n) is 4.71. The van der Waals surface area contributed by atoms with Gasteiger partial charge in [0, 0.05) is 13.0 Å². The molecule has 0 unspecified atom stereocenters. The van der Waals surface area contributed by atoms with Crippen LogP contribution in [0.4, 0.5) is 0 Å². The van der Waals surface area contributed by atoms with Gasteiger partial charge in [0.15, 0.2) is 0 Å². The van der Waals surface area contributed by atoms with E-state index in [4.69, 9.17) is 5.73 Å². The maximum Gasteiger partial charge on any atom is 0.101 e. The van der Waals surface area contributed by atoms with Gasteiger partial charge in [0.05, 0.1) is 0 Å². The lowest BCUT2D eigenvalue weighted by molar-refractivity contribution is 0.647. The first kappa shape index (κ1) is 16.0. The topological polar surface area (TPSA) is 38.4 Å². The van der Waals surface area contributed by atoms with Crippen LogP contribution in [0.15, 0.2) is 29.3 Å². The Morgan fingerprint density at radius 2 is 1.71 bits per heavy atom. The molecule has 1 atom stereocenters. The third-order valence-electron chi connectivity index (χ3n) is 2.83. The summed E-state index contributed by atoms with van der Waals surface area (Å²) in [6.45, 7) is 6.55. The van der Waals surface area contributed by atoms with Crippen LogP contribution in [0.2, 0.25) is 0 Å². The number of hydrogen-bond acceptors (Lipinski definition) is 1. The Morgan fingerprint density at radius 1 is 1.18 bits per heavy atom. The molecule has 0 aliphatic carbocycles. The molecule has 0 heterocycles. The molecule has 1 aromatic rings. The fourth-order valence-corrected chi connectivity index (χ4v) is 1.78. The molecule has 0 amide bonds. The summed E-state index contributed by atoms with van der Waals surface area (Å²) >= 11 is 0. The minimum Gasteiger partial charge on any atom is -0.387 e. The van der Waals surface area contributed by atoms with E-state index in [0.717, 1.165) is 6.42 Å². The van der Waals surface area contributed by atoms with E-state index in [0.29, 0.717) is 11.8 Å². The first-order valence-electron chi connectivity index (χ1n) is 5.85. The van der Waals surface area contributed by atoms with Crippen molar-refractivity contribution in [2.75, 3.05) is 7.05 Å². The zero-order chi connectivity index (χ0) is 12.1. The maximum atomic E-state index is 5.82. The number of amidine groups is 1. The van der Waals surface area contributed by atoms with E-state index in [-0.39, 0.29) is 18.3 Å². The van der Waals surface area contributed by atoms with Crippen LogP contribution in [0.5, 0.6) is 0 Å². The van der Waals surface area contributed by atoms with Crippen molar-refractivity contribution in [3.63, 3.8) is 0 Å². The lowest BCUT2D eigenvalue weighted by atomic mass is 9.96. The molecule has 0 saturated heterocycles. The van der Waals surface area contributed by atoms with Gasteiger partial charge in [-0.2, -0.15) is 0 Å². The Bertz CT molecular complexity index is 355. The molecule has 0 radical (unpaired) electrons. The van der Waals surface area contributed by atoms with Crippen LogP contribution in [-0.4, -0.2) is 12.9 Å². The van der Waals surface area contributed by atoms with E-state index >= 15 is 0 Å². The average Bonchev–Trinajstić information content (AvgIpc) is 2.27. The Balaban J connectivity index is 0.00000256. The summed E-state index contributed by atoms with van der Waals surface area (Å²) in [5.41, 5.74) is 8.44. The second kappa shape index (κ2) is 7.33. The van der Waals surface area contributed by atoms with E-state index in [1.165, 1.54) is 11.1 Å². The van der Waals surface area contributed by atoms with Crippen LogP contribution in [0.25, 0.3) is 0 Å². The molecular formula is C14H23ClN2. The molecule has 0 spiro atoms. The highest BCUT2D eigenvalue weighted by atomic mass is 35.5. The van der Waals surface area contributed by atoms with E-state index in [1.54, 1.807) is 7.05 Å². The van der Waals surface area contributed by atoms with Gasteiger partial charge in [0.2, 0.25) is 0 Å². The zero-order valence-corrected chi connectivity index (χ0v) is 11.9. The number of halogens is 1. The summed E-state index contributed by atoms with van der Waals surface area (Å²) < 4.78 is 0. The number of hydrogen-bond donors (Lipinski definition) is 1. The van der Waals surface area contributed by atoms with E-state index in [1.807, 2.05) is 0 Å². The molecule has 3 heteroatoms. The van der Waals surface area contributed by atoms with E-state index in [9.17, 15) is 0 Å². The van der Waals surface area contributed by atoms with Crippen molar-refractivity contribution >= 4 is 18.2 Å². The molecule has 0 fully saturated rings. The van der Waals surface area contributed by atoms with Gasteiger partial charge in [-0.15, -0.1) is 12.4 Å². The molecule has 0 saturated carbocycles. The normalized spacial score (nSPS) is 13.4. The van der Waals surface area contributed by atoms with Crippen LogP contribution >= 0.6 is 12.4 Å². The Morgan fingerprint density at radius 3 is 2.12 bits per heavy atom. The van der Waals surface area contributed by atoms with Gasteiger partial charge in [-0.25, -0.2) is 0 Å². The van der Waals surface area contributed by atoms with Crippen molar-refractivity contribution < 1.29 is 0 Å². The van der Waals surface area contributed by atoms with Crippen molar-refractivity contribution in [1.29, 1.82) is 0 Å². The number of nitrogens with zero attached hydrogens (tertiary/aromatic N) is 1. The molecule has 2 N–H and O–H groups in total. The summed E-state index contributed by atoms with van der Waals surface area (Å²) in [4.78, 5) is 4.03. The highest BCUT2D eigenvalue weighted by molar-refractivity contribution is 5.86. The standard InChI is InChI=1S/C14H22N2.ClH/c1-10(2)9-12-5-7-13(8-6-12)11(3)14(15)16-4;/h5-8,10-11H,9H2,1-4H3,(H2,15,16);1H/t11-;/m0./s1. The van der Waals surface area contributed by atoms with Gasteiger partial charge in [-0.1, -0.05) is 45.0 Å². The highest BCUT2D eigenvalue weighted by Gasteiger charge is 2.08. The number of benzene rings is 1. The molecule has 1 aromatic carbocycles. The average molecular weight is 255 g/mol. The molecular weight excluding hydrogens is 232 g/mol.